The number of ether oxygens (including phenoxy) is 2. The van der Waals surface area contributed by atoms with E-state index in [0.717, 1.165) is 56.8 Å². The molecule has 188 valence electrons. The molecule has 0 unspecified atom stereocenters. The molecule has 1 aromatic carbocycles. The van der Waals surface area contributed by atoms with E-state index in [4.69, 9.17) is 9.47 Å². The van der Waals surface area contributed by atoms with Crippen molar-refractivity contribution in [3.63, 3.8) is 0 Å². The number of aromatic amines is 1. The van der Waals surface area contributed by atoms with Gasteiger partial charge in [-0.1, -0.05) is 26.2 Å². The number of hydrogen-bond donors (Lipinski definition) is 1. The Hall–Kier alpha value is -2.98. The number of rotatable bonds is 7. The van der Waals surface area contributed by atoms with Crippen molar-refractivity contribution in [3.8, 4) is 11.5 Å². The van der Waals surface area contributed by atoms with Gasteiger partial charge in [-0.05, 0) is 41.9 Å². The molecule has 3 heterocycles. The minimum Gasteiger partial charge on any atom is -0.493 e. The molecule has 5 rings (SSSR count). The number of likely N-dealkylation sites (N-methyl/N-ethyl adjacent to an activating group) is 1. The molecule has 0 bridgehead atoms. The van der Waals surface area contributed by atoms with Crippen LogP contribution in [0.1, 0.15) is 62.5 Å². The van der Waals surface area contributed by atoms with Gasteiger partial charge in [0.05, 0.1) is 25.8 Å². The van der Waals surface area contributed by atoms with Crippen molar-refractivity contribution < 1.29 is 9.47 Å². The maximum Gasteiger partial charge on any atom is 0.253 e. The predicted octanol–water partition coefficient (Wildman–Crippen LogP) is 2.76. The van der Waals surface area contributed by atoms with Gasteiger partial charge in [0, 0.05) is 43.2 Å². The molecular formula is C25H35N7O3. The summed E-state index contributed by atoms with van der Waals surface area (Å²) in [6.45, 7) is 6.81. The number of piperazine rings is 1. The number of nitrogens with zero attached hydrogens (tertiary/aromatic N) is 6. The smallest absolute Gasteiger partial charge is 0.253 e. The first kappa shape index (κ1) is 23.7. The van der Waals surface area contributed by atoms with E-state index in [9.17, 15) is 4.79 Å². The molecule has 1 aliphatic carbocycles. The Kier molecular flexibility index (Phi) is 7.01. The first-order valence-electron chi connectivity index (χ1n) is 12.7. The van der Waals surface area contributed by atoms with E-state index < -0.39 is 0 Å². The molecule has 10 heteroatoms. The van der Waals surface area contributed by atoms with Crippen LogP contribution in [0.5, 0.6) is 11.5 Å². The van der Waals surface area contributed by atoms with Gasteiger partial charge in [0.2, 0.25) is 0 Å². The number of methoxy groups -OCH3 is 2. The molecule has 1 N–H and O–H groups in total. The minimum atomic E-state index is -0.327. The lowest BCUT2D eigenvalue weighted by atomic mass is 9.95. The lowest BCUT2D eigenvalue weighted by molar-refractivity contribution is 0.106. The third kappa shape index (κ3) is 4.64. The van der Waals surface area contributed by atoms with Gasteiger partial charge in [-0.2, -0.15) is 0 Å². The second-order valence-electron chi connectivity index (χ2n) is 9.49. The first-order chi connectivity index (χ1) is 17.1. The first-order valence-corrected chi connectivity index (χ1v) is 12.7. The van der Waals surface area contributed by atoms with Crippen LogP contribution >= 0.6 is 0 Å². The summed E-state index contributed by atoms with van der Waals surface area (Å²) in [5.74, 6) is 1.96. The Bertz CT molecular complexity index is 1210. The second kappa shape index (κ2) is 10.3. The number of hydrogen-bond acceptors (Lipinski definition) is 8. The third-order valence-corrected chi connectivity index (χ3v) is 7.57. The lowest BCUT2D eigenvalue weighted by Crippen LogP contribution is -2.49. The van der Waals surface area contributed by atoms with E-state index in [0.29, 0.717) is 22.6 Å². The molecule has 10 nitrogen and oxygen atoms in total. The average molecular weight is 482 g/mol. The van der Waals surface area contributed by atoms with E-state index in [-0.39, 0.29) is 17.6 Å². The highest BCUT2D eigenvalue weighted by molar-refractivity contribution is 5.83. The molecule has 1 saturated heterocycles. The van der Waals surface area contributed by atoms with Crippen molar-refractivity contribution in [2.24, 2.45) is 0 Å². The fourth-order valence-electron chi connectivity index (χ4n) is 5.56. The third-order valence-electron chi connectivity index (χ3n) is 7.57. The van der Waals surface area contributed by atoms with Crippen molar-refractivity contribution in [3.05, 3.63) is 39.9 Å². The maximum atomic E-state index is 13.5. The van der Waals surface area contributed by atoms with Crippen molar-refractivity contribution in [1.29, 1.82) is 0 Å². The number of H-pyrrole nitrogens is 1. The summed E-state index contributed by atoms with van der Waals surface area (Å²) in [6, 6.07) is 5.63. The van der Waals surface area contributed by atoms with Gasteiger partial charge >= 0.3 is 0 Å². The van der Waals surface area contributed by atoms with Gasteiger partial charge in [0.1, 0.15) is 6.04 Å². The maximum absolute atomic E-state index is 13.5. The van der Waals surface area contributed by atoms with Crippen molar-refractivity contribution >= 4 is 10.9 Å². The number of tetrazole rings is 1. The van der Waals surface area contributed by atoms with Gasteiger partial charge in [0.15, 0.2) is 17.3 Å². The average Bonchev–Trinajstić information content (AvgIpc) is 3.38. The van der Waals surface area contributed by atoms with E-state index in [1.54, 1.807) is 20.3 Å². The molecule has 0 radical (unpaired) electrons. The predicted molar refractivity (Wildman–Crippen MR) is 133 cm³/mol. The highest BCUT2D eigenvalue weighted by Gasteiger charge is 2.34. The highest BCUT2D eigenvalue weighted by Crippen LogP contribution is 2.35. The zero-order valence-corrected chi connectivity index (χ0v) is 20.9. The second-order valence-corrected chi connectivity index (χ2v) is 9.49. The minimum absolute atomic E-state index is 0.133. The molecule has 3 aromatic rings. The number of pyridine rings is 1. The summed E-state index contributed by atoms with van der Waals surface area (Å²) in [7, 11) is 3.21. The zero-order chi connectivity index (χ0) is 24.4. The van der Waals surface area contributed by atoms with Crippen molar-refractivity contribution in [2.45, 2.75) is 51.1 Å². The van der Waals surface area contributed by atoms with Crippen LogP contribution in [0, 0.1) is 0 Å². The Morgan fingerprint density at radius 3 is 2.43 bits per heavy atom. The topological polar surface area (TPSA) is 101 Å². The summed E-state index contributed by atoms with van der Waals surface area (Å²) >= 11 is 0. The molecule has 2 aliphatic rings. The molecule has 1 saturated carbocycles. The van der Waals surface area contributed by atoms with Gasteiger partial charge < -0.3 is 19.4 Å². The molecule has 0 amide bonds. The Labute approximate surface area is 205 Å². The number of benzene rings is 1. The fourth-order valence-corrected chi connectivity index (χ4v) is 5.56. The Morgan fingerprint density at radius 2 is 1.74 bits per heavy atom. The summed E-state index contributed by atoms with van der Waals surface area (Å²) in [6.07, 6.45) is 5.76. The lowest BCUT2D eigenvalue weighted by Gasteiger charge is -2.38. The molecule has 0 spiro atoms. The van der Waals surface area contributed by atoms with Crippen LogP contribution < -0.4 is 15.0 Å². The molecule has 1 aliphatic heterocycles. The van der Waals surface area contributed by atoms with Crippen LogP contribution in [0.3, 0.4) is 0 Å². The Balaban J connectivity index is 1.62. The molecule has 35 heavy (non-hydrogen) atoms. The standard InChI is InChI=1S/C25H35N7O3/c1-4-30-10-12-31(13-11-30)23(24-27-28-29-32(24)18-8-6-5-7-9-18)19-14-17-15-21(34-2)22(35-3)16-20(17)26-25(19)33/h14-16,18,23H,4-13H2,1-3H3,(H,26,33)/t23-/m0/s1. The highest BCUT2D eigenvalue weighted by atomic mass is 16.5. The molecule has 2 fully saturated rings. The summed E-state index contributed by atoms with van der Waals surface area (Å²) in [5.41, 5.74) is 1.23. The van der Waals surface area contributed by atoms with Crippen LogP contribution in [-0.4, -0.2) is 81.9 Å². The Morgan fingerprint density at radius 1 is 1.03 bits per heavy atom. The number of aromatic nitrogens is 5. The van der Waals surface area contributed by atoms with E-state index in [2.05, 4.69) is 37.2 Å². The summed E-state index contributed by atoms with van der Waals surface area (Å²) in [4.78, 5) is 21.4. The number of fused-ring (bicyclic) bond motifs is 1. The van der Waals surface area contributed by atoms with Crippen LogP contribution in [0.25, 0.3) is 10.9 Å². The van der Waals surface area contributed by atoms with Crippen molar-refractivity contribution in [1.82, 2.24) is 35.0 Å². The summed E-state index contributed by atoms with van der Waals surface area (Å²) < 4.78 is 12.9. The quantitative estimate of drug-likeness (QED) is 0.550. The normalized spacial score (nSPS) is 19.2. The molecule has 1 atom stereocenters. The van der Waals surface area contributed by atoms with Gasteiger partial charge in [-0.3, -0.25) is 9.69 Å². The van der Waals surface area contributed by atoms with E-state index in [1.165, 1.54) is 19.3 Å². The summed E-state index contributed by atoms with van der Waals surface area (Å²) in [5, 5.41) is 13.9. The van der Waals surface area contributed by atoms with Crippen LogP contribution in [0.2, 0.25) is 0 Å². The zero-order valence-electron chi connectivity index (χ0n) is 20.9. The molecule has 2 aromatic heterocycles. The fraction of sp³-hybridized carbons (Fsp3) is 0.600. The van der Waals surface area contributed by atoms with Crippen LogP contribution in [0.4, 0.5) is 0 Å². The van der Waals surface area contributed by atoms with E-state index in [1.807, 2.05) is 16.8 Å². The van der Waals surface area contributed by atoms with Gasteiger partial charge in [0.25, 0.3) is 5.56 Å². The van der Waals surface area contributed by atoms with Gasteiger partial charge in [-0.15, -0.1) is 5.10 Å². The van der Waals surface area contributed by atoms with E-state index >= 15 is 0 Å². The largest absolute Gasteiger partial charge is 0.493 e. The SMILES string of the molecule is CCN1CCN([C@@H](c2cc3cc(OC)c(OC)cc3[nH]c2=O)c2nnnn2C2CCCCC2)CC1. The van der Waals surface area contributed by atoms with Crippen LogP contribution in [0.15, 0.2) is 23.0 Å². The number of nitrogens with one attached hydrogen (secondary N) is 1. The molecular weight excluding hydrogens is 446 g/mol. The van der Waals surface area contributed by atoms with Crippen molar-refractivity contribution in [2.75, 3.05) is 46.9 Å². The monoisotopic (exact) mass is 481 g/mol. The van der Waals surface area contributed by atoms with Crippen LogP contribution in [-0.2, 0) is 0 Å². The van der Waals surface area contributed by atoms with Gasteiger partial charge in [-0.25, -0.2) is 4.68 Å².